The molecule has 0 saturated carbocycles. The first-order chi connectivity index (χ1) is 9.19. The lowest BCUT2D eigenvalue weighted by Crippen LogP contribution is -2.30. The Morgan fingerprint density at radius 3 is 2.45 bits per heavy atom. The molecule has 1 aromatic rings. The van der Waals surface area contributed by atoms with Gasteiger partial charge in [-0.3, -0.25) is 0 Å². The minimum absolute atomic E-state index is 0.0913. The first kappa shape index (κ1) is 17.4. The summed E-state index contributed by atoms with van der Waals surface area (Å²) in [5.41, 5.74) is 4.22. The molecule has 1 radical (unpaired) electrons. The fourth-order valence-electron chi connectivity index (χ4n) is 2.13. The molecule has 0 N–H and O–H groups in total. The van der Waals surface area contributed by atoms with Gasteiger partial charge in [-0.05, 0) is 54.3 Å². The van der Waals surface area contributed by atoms with Crippen molar-refractivity contribution in [2.45, 2.75) is 34.1 Å². The molecular weight excluding hydrogens is 287 g/mol. The number of carbonyl (C=O) groups excluding carboxylic acids is 1. The van der Waals surface area contributed by atoms with Crippen molar-refractivity contribution in [3.05, 3.63) is 40.4 Å². The van der Waals surface area contributed by atoms with Crippen LogP contribution in [0.25, 0.3) is 5.57 Å². The molecule has 0 heterocycles. The Morgan fingerprint density at radius 2 is 1.90 bits per heavy atom. The van der Waals surface area contributed by atoms with E-state index in [4.69, 9.17) is 11.6 Å². The quantitative estimate of drug-likeness (QED) is 0.604. The van der Waals surface area contributed by atoms with Gasteiger partial charge in [-0.15, -0.1) is 0 Å². The third-order valence-electron chi connectivity index (χ3n) is 3.56. The van der Waals surface area contributed by atoms with Gasteiger partial charge in [-0.25, -0.2) is 0 Å². The van der Waals surface area contributed by atoms with Gasteiger partial charge in [0.05, 0.1) is 5.68 Å². The standard InChI is InChI=1S/C16H21BClOS/c1-10-6-13(14(18)7-11(10)2)12(3)8-16(4,5)15(19)17-9-20/h6-7,20H,3,8-9H2,1-2,4-5H3. The summed E-state index contributed by atoms with van der Waals surface area (Å²) in [5, 5.41) is 0.694. The topological polar surface area (TPSA) is 17.1 Å². The minimum Gasteiger partial charge on any atom is -0.311 e. The number of halogens is 1. The van der Waals surface area contributed by atoms with Crippen LogP contribution < -0.4 is 0 Å². The molecule has 0 fully saturated rings. The van der Waals surface area contributed by atoms with Crippen molar-refractivity contribution in [2.75, 3.05) is 5.65 Å². The van der Waals surface area contributed by atoms with Gasteiger partial charge in [0.15, 0.2) is 0 Å². The molecule has 0 aliphatic rings. The van der Waals surface area contributed by atoms with E-state index >= 15 is 0 Å². The van der Waals surface area contributed by atoms with Gasteiger partial charge in [-0.1, -0.05) is 38.1 Å². The number of benzene rings is 1. The highest BCUT2D eigenvalue weighted by molar-refractivity contribution is 7.82. The van der Waals surface area contributed by atoms with Gasteiger partial charge in [0, 0.05) is 10.4 Å². The van der Waals surface area contributed by atoms with E-state index in [0.29, 0.717) is 17.1 Å². The van der Waals surface area contributed by atoms with E-state index in [-0.39, 0.29) is 5.68 Å². The van der Waals surface area contributed by atoms with Crippen molar-refractivity contribution < 1.29 is 4.79 Å². The van der Waals surface area contributed by atoms with Crippen molar-refractivity contribution in [1.82, 2.24) is 0 Å². The van der Waals surface area contributed by atoms with Crippen LogP contribution in [0, 0.1) is 19.3 Å². The average Bonchev–Trinajstić information content (AvgIpc) is 2.33. The highest BCUT2D eigenvalue weighted by Crippen LogP contribution is 2.34. The number of carbonyl (C=O) groups is 1. The van der Waals surface area contributed by atoms with E-state index in [1.165, 1.54) is 5.56 Å². The van der Waals surface area contributed by atoms with Crippen molar-refractivity contribution >= 4 is 42.8 Å². The lowest BCUT2D eigenvalue weighted by atomic mass is 9.62. The van der Waals surface area contributed by atoms with Gasteiger partial charge in [-0.2, -0.15) is 12.6 Å². The number of hydrogen-bond donors (Lipinski definition) is 1. The first-order valence-electron chi connectivity index (χ1n) is 6.62. The summed E-state index contributed by atoms with van der Waals surface area (Å²) in [4.78, 5) is 12.1. The smallest absolute Gasteiger partial charge is 0.214 e. The Morgan fingerprint density at radius 1 is 1.35 bits per heavy atom. The number of rotatable bonds is 6. The molecule has 107 valence electrons. The monoisotopic (exact) mass is 307 g/mol. The van der Waals surface area contributed by atoms with Gasteiger partial charge < -0.3 is 4.79 Å². The highest BCUT2D eigenvalue weighted by atomic mass is 35.5. The molecule has 0 saturated heterocycles. The van der Waals surface area contributed by atoms with E-state index < -0.39 is 5.41 Å². The second kappa shape index (κ2) is 6.86. The fraction of sp³-hybridized carbons (Fsp3) is 0.438. The van der Waals surface area contributed by atoms with Crippen LogP contribution in [0.5, 0.6) is 0 Å². The maximum atomic E-state index is 12.1. The van der Waals surface area contributed by atoms with Crippen molar-refractivity contribution in [1.29, 1.82) is 0 Å². The summed E-state index contributed by atoms with van der Waals surface area (Å²) in [6, 6.07) is 3.99. The van der Waals surface area contributed by atoms with Gasteiger partial charge >= 0.3 is 0 Å². The van der Waals surface area contributed by atoms with Crippen molar-refractivity contribution in [3.8, 4) is 0 Å². The normalized spacial score (nSPS) is 11.3. The largest absolute Gasteiger partial charge is 0.311 e. The lowest BCUT2D eigenvalue weighted by molar-refractivity contribution is -0.119. The van der Waals surface area contributed by atoms with Crippen molar-refractivity contribution in [3.63, 3.8) is 0 Å². The summed E-state index contributed by atoms with van der Waals surface area (Å²) in [5.74, 6) is 0. The molecule has 1 rings (SSSR count). The molecule has 0 aliphatic carbocycles. The Balaban J connectivity index is 2.97. The Bertz CT molecular complexity index is 538. The van der Waals surface area contributed by atoms with E-state index in [1.807, 2.05) is 39.8 Å². The second-order valence-corrected chi connectivity index (χ2v) is 6.60. The number of thiol groups is 1. The zero-order valence-corrected chi connectivity index (χ0v) is 14.2. The second-order valence-electron chi connectivity index (χ2n) is 5.83. The molecule has 0 aromatic heterocycles. The summed E-state index contributed by atoms with van der Waals surface area (Å²) in [6.07, 6.45) is 0.582. The zero-order valence-electron chi connectivity index (χ0n) is 12.6. The molecule has 0 spiro atoms. The Labute approximate surface area is 133 Å². The van der Waals surface area contributed by atoms with Crippen molar-refractivity contribution in [2.24, 2.45) is 5.41 Å². The third kappa shape index (κ3) is 4.16. The van der Waals surface area contributed by atoms with E-state index in [0.717, 1.165) is 16.7 Å². The molecule has 20 heavy (non-hydrogen) atoms. The SMILES string of the molecule is C=C(CC(C)(C)C(=O)[B]CS)c1cc(C)c(C)cc1Cl. The lowest BCUT2D eigenvalue weighted by Gasteiger charge is -2.25. The molecule has 1 aromatic carbocycles. The number of aryl methyl sites for hydroxylation is 2. The highest BCUT2D eigenvalue weighted by Gasteiger charge is 2.28. The summed E-state index contributed by atoms with van der Waals surface area (Å²) in [6.45, 7) is 12.0. The van der Waals surface area contributed by atoms with Crippen LogP contribution >= 0.6 is 24.2 Å². The zero-order chi connectivity index (χ0) is 15.5. The summed E-state index contributed by atoms with van der Waals surface area (Å²) < 4.78 is 0. The van der Waals surface area contributed by atoms with Crippen LogP contribution in [0.2, 0.25) is 5.02 Å². The van der Waals surface area contributed by atoms with Gasteiger partial charge in [0.2, 0.25) is 7.28 Å². The number of allylic oxidation sites excluding steroid dienone is 1. The van der Waals surface area contributed by atoms with E-state index in [2.05, 4.69) is 19.2 Å². The van der Waals surface area contributed by atoms with Crippen LogP contribution in [0.4, 0.5) is 0 Å². The third-order valence-corrected chi connectivity index (χ3v) is 4.06. The molecule has 0 atom stereocenters. The molecule has 0 amide bonds. The molecule has 0 unspecified atom stereocenters. The minimum atomic E-state index is -0.484. The Kier molecular flexibility index (Phi) is 5.97. The molecule has 0 bridgehead atoms. The first-order valence-corrected chi connectivity index (χ1v) is 7.63. The molecular formula is C16H21BClOS. The molecule has 0 aliphatic heterocycles. The number of hydrogen-bond acceptors (Lipinski definition) is 2. The average molecular weight is 308 g/mol. The van der Waals surface area contributed by atoms with Crippen LogP contribution in [-0.2, 0) is 4.79 Å². The summed E-state index contributed by atoms with van der Waals surface area (Å²) in [7, 11) is 1.61. The fourth-order valence-corrected chi connectivity index (χ4v) is 2.64. The summed E-state index contributed by atoms with van der Waals surface area (Å²) >= 11 is 10.4. The maximum Gasteiger partial charge on any atom is 0.214 e. The van der Waals surface area contributed by atoms with E-state index in [1.54, 1.807) is 7.28 Å². The molecule has 4 heteroatoms. The van der Waals surface area contributed by atoms with E-state index in [9.17, 15) is 4.79 Å². The van der Waals surface area contributed by atoms with Gasteiger partial charge in [0.25, 0.3) is 0 Å². The predicted octanol–water partition coefficient (Wildman–Crippen LogP) is 4.50. The van der Waals surface area contributed by atoms with Crippen LogP contribution in [0.3, 0.4) is 0 Å². The van der Waals surface area contributed by atoms with Crippen LogP contribution in [0.15, 0.2) is 18.7 Å². The van der Waals surface area contributed by atoms with Crippen LogP contribution in [-0.4, -0.2) is 18.6 Å². The Hall–Kier alpha value is -0.665. The predicted molar refractivity (Wildman–Crippen MR) is 93.0 cm³/mol. The van der Waals surface area contributed by atoms with Crippen LogP contribution in [0.1, 0.15) is 37.0 Å². The van der Waals surface area contributed by atoms with Gasteiger partial charge in [0.1, 0.15) is 0 Å². The maximum absolute atomic E-state index is 12.1. The molecule has 1 nitrogen and oxygen atoms in total.